The molecule has 0 aromatic rings. The van der Waals surface area contributed by atoms with Crippen LogP contribution in [0.5, 0.6) is 0 Å². The van der Waals surface area contributed by atoms with Crippen molar-refractivity contribution < 1.29 is 5.11 Å². The minimum absolute atomic E-state index is 0.411. The summed E-state index contributed by atoms with van der Waals surface area (Å²) in [6.45, 7) is 0.411. The zero-order chi connectivity index (χ0) is 9.80. The Morgan fingerprint density at radius 3 is 2.21 bits per heavy atom. The highest BCUT2D eigenvalue weighted by Crippen LogP contribution is 2.43. The lowest BCUT2D eigenvalue weighted by Gasteiger charge is -2.35. The molecule has 2 aliphatic rings. The first-order chi connectivity index (χ1) is 6.92. The van der Waals surface area contributed by atoms with E-state index < -0.39 is 0 Å². The van der Waals surface area contributed by atoms with Gasteiger partial charge in [-0.25, -0.2) is 0 Å². The summed E-state index contributed by atoms with van der Waals surface area (Å²) in [7, 11) is 0. The maximum atomic E-state index is 9.08. The number of aliphatic hydroxyl groups excluding tert-OH is 1. The predicted molar refractivity (Wildman–Crippen MR) is 59.1 cm³/mol. The van der Waals surface area contributed by atoms with Gasteiger partial charge in [-0.2, -0.15) is 0 Å². The molecule has 0 unspecified atom stereocenters. The first kappa shape index (κ1) is 10.5. The minimum atomic E-state index is 0.411. The standard InChI is InChI=1S/C13H24O/c14-10-9-12-7-3-4-8-13(12)11-5-1-2-6-11/h11-14H,1-10H2/t12-,13-/m0/s1. The molecule has 82 valence electrons. The molecule has 2 fully saturated rings. The first-order valence-corrected chi connectivity index (χ1v) is 6.52. The summed E-state index contributed by atoms with van der Waals surface area (Å²) in [6, 6.07) is 0. The number of rotatable bonds is 3. The van der Waals surface area contributed by atoms with Crippen LogP contribution in [-0.4, -0.2) is 11.7 Å². The smallest absolute Gasteiger partial charge is 0.0433 e. The molecule has 0 amide bonds. The van der Waals surface area contributed by atoms with E-state index in [1.807, 2.05) is 0 Å². The molecule has 14 heavy (non-hydrogen) atoms. The van der Waals surface area contributed by atoms with Gasteiger partial charge in [0, 0.05) is 6.61 Å². The zero-order valence-corrected chi connectivity index (χ0v) is 9.25. The molecule has 0 saturated heterocycles. The molecule has 2 saturated carbocycles. The normalized spacial score (nSPS) is 34.9. The summed E-state index contributed by atoms with van der Waals surface area (Å²) in [6.07, 6.45) is 12.7. The highest BCUT2D eigenvalue weighted by atomic mass is 16.3. The van der Waals surface area contributed by atoms with Crippen molar-refractivity contribution in [2.24, 2.45) is 17.8 Å². The SMILES string of the molecule is OCC[C@@H]1CCCC[C@H]1C1CCCC1. The average Bonchev–Trinajstić information content (AvgIpc) is 2.72. The Labute approximate surface area is 87.9 Å². The molecular weight excluding hydrogens is 172 g/mol. The van der Waals surface area contributed by atoms with Crippen molar-refractivity contribution in [3.05, 3.63) is 0 Å². The second kappa shape index (κ2) is 5.16. The van der Waals surface area contributed by atoms with Gasteiger partial charge in [0.25, 0.3) is 0 Å². The van der Waals surface area contributed by atoms with Gasteiger partial charge in [0.05, 0.1) is 0 Å². The Bertz CT molecular complexity index is 159. The van der Waals surface area contributed by atoms with E-state index in [2.05, 4.69) is 0 Å². The summed E-state index contributed by atoms with van der Waals surface area (Å²) >= 11 is 0. The Morgan fingerprint density at radius 1 is 0.857 bits per heavy atom. The molecule has 0 spiro atoms. The van der Waals surface area contributed by atoms with Gasteiger partial charge in [0.2, 0.25) is 0 Å². The second-order valence-electron chi connectivity index (χ2n) is 5.27. The van der Waals surface area contributed by atoms with Gasteiger partial charge < -0.3 is 5.11 Å². The third-order valence-electron chi connectivity index (χ3n) is 4.47. The minimum Gasteiger partial charge on any atom is -0.396 e. The lowest BCUT2D eigenvalue weighted by atomic mass is 9.71. The quantitative estimate of drug-likeness (QED) is 0.734. The Morgan fingerprint density at radius 2 is 1.50 bits per heavy atom. The van der Waals surface area contributed by atoms with E-state index in [9.17, 15) is 0 Å². The largest absolute Gasteiger partial charge is 0.396 e. The van der Waals surface area contributed by atoms with Gasteiger partial charge in [0.1, 0.15) is 0 Å². The maximum absolute atomic E-state index is 9.08. The van der Waals surface area contributed by atoms with E-state index in [-0.39, 0.29) is 0 Å². The van der Waals surface area contributed by atoms with E-state index in [0.717, 1.165) is 24.2 Å². The van der Waals surface area contributed by atoms with Crippen LogP contribution in [0.15, 0.2) is 0 Å². The van der Waals surface area contributed by atoms with Crippen LogP contribution in [0.1, 0.15) is 57.8 Å². The Hall–Kier alpha value is -0.0400. The lowest BCUT2D eigenvalue weighted by Crippen LogP contribution is -2.26. The van der Waals surface area contributed by atoms with Gasteiger partial charge in [-0.1, -0.05) is 44.9 Å². The van der Waals surface area contributed by atoms with E-state index >= 15 is 0 Å². The summed E-state index contributed by atoms with van der Waals surface area (Å²) in [5.41, 5.74) is 0. The van der Waals surface area contributed by atoms with Crippen molar-refractivity contribution >= 4 is 0 Å². The monoisotopic (exact) mass is 196 g/mol. The fourth-order valence-corrected chi connectivity index (χ4v) is 3.77. The molecule has 2 atom stereocenters. The molecule has 0 aromatic carbocycles. The van der Waals surface area contributed by atoms with Gasteiger partial charge in [-0.05, 0) is 30.6 Å². The van der Waals surface area contributed by atoms with Crippen molar-refractivity contribution in [1.82, 2.24) is 0 Å². The second-order valence-corrected chi connectivity index (χ2v) is 5.27. The highest BCUT2D eigenvalue weighted by molar-refractivity contribution is 4.83. The molecule has 0 aliphatic heterocycles. The van der Waals surface area contributed by atoms with Crippen LogP contribution in [0.4, 0.5) is 0 Å². The van der Waals surface area contributed by atoms with Crippen LogP contribution in [0.2, 0.25) is 0 Å². The topological polar surface area (TPSA) is 20.2 Å². The van der Waals surface area contributed by atoms with Crippen LogP contribution in [0.25, 0.3) is 0 Å². The van der Waals surface area contributed by atoms with Gasteiger partial charge in [-0.3, -0.25) is 0 Å². The first-order valence-electron chi connectivity index (χ1n) is 6.52. The number of aliphatic hydroxyl groups is 1. The zero-order valence-electron chi connectivity index (χ0n) is 9.25. The lowest BCUT2D eigenvalue weighted by molar-refractivity contribution is 0.129. The van der Waals surface area contributed by atoms with Crippen LogP contribution in [0, 0.1) is 17.8 Å². The van der Waals surface area contributed by atoms with Gasteiger partial charge >= 0.3 is 0 Å². The predicted octanol–water partition coefficient (Wildman–Crippen LogP) is 3.37. The Kier molecular flexibility index (Phi) is 3.86. The third-order valence-corrected chi connectivity index (χ3v) is 4.47. The van der Waals surface area contributed by atoms with Gasteiger partial charge in [0.15, 0.2) is 0 Å². The summed E-state index contributed by atoms with van der Waals surface area (Å²) in [5.74, 6) is 2.85. The molecule has 1 heteroatoms. The molecule has 0 aromatic heterocycles. The van der Waals surface area contributed by atoms with Crippen molar-refractivity contribution in [3.63, 3.8) is 0 Å². The fourth-order valence-electron chi connectivity index (χ4n) is 3.77. The molecule has 1 nitrogen and oxygen atoms in total. The van der Waals surface area contributed by atoms with Crippen molar-refractivity contribution in [2.45, 2.75) is 57.8 Å². The maximum Gasteiger partial charge on any atom is 0.0433 e. The molecule has 2 aliphatic carbocycles. The summed E-state index contributed by atoms with van der Waals surface area (Å²) in [4.78, 5) is 0. The molecular formula is C13H24O. The highest BCUT2D eigenvalue weighted by Gasteiger charge is 2.32. The average molecular weight is 196 g/mol. The van der Waals surface area contributed by atoms with Crippen LogP contribution in [0.3, 0.4) is 0 Å². The molecule has 1 N–H and O–H groups in total. The van der Waals surface area contributed by atoms with Crippen LogP contribution < -0.4 is 0 Å². The number of hydrogen-bond acceptors (Lipinski definition) is 1. The number of hydrogen-bond donors (Lipinski definition) is 1. The molecule has 0 heterocycles. The van der Waals surface area contributed by atoms with Crippen molar-refractivity contribution in [1.29, 1.82) is 0 Å². The van der Waals surface area contributed by atoms with Crippen LogP contribution >= 0.6 is 0 Å². The third kappa shape index (κ3) is 2.31. The molecule has 0 bridgehead atoms. The van der Waals surface area contributed by atoms with E-state index in [1.54, 1.807) is 0 Å². The van der Waals surface area contributed by atoms with Crippen LogP contribution in [-0.2, 0) is 0 Å². The Balaban J connectivity index is 1.91. The summed E-state index contributed by atoms with van der Waals surface area (Å²) in [5, 5.41) is 9.08. The van der Waals surface area contributed by atoms with Gasteiger partial charge in [-0.15, -0.1) is 0 Å². The van der Waals surface area contributed by atoms with E-state index in [0.29, 0.717) is 6.61 Å². The van der Waals surface area contributed by atoms with Crippen molar-refractivity contribution in [3.8, 4) is 0 Å². The van der Waals surface area contributed by atoms with E-state index in [4.69, 9.17) is 5.11 Å². The summed E-state index contributed by atoms with van der Waals surface area (Å²) < 4.78 is 0. The fraction of sp³-hybridized carbons (Fsp3) is 1.00. The molecule has 2 rings (SSSR count). The van der Waals surface area contributed by atoms with Crippen molar-refractivity contribution in [2.75, 3.05) is 6.61 Å². The van der Waals surface area contributed by atoms with E-state index in [1.165, 1.54) is 51.4 Å². The molecule has 0 radical (unpaired) electrons.